The zero-order chi connectivity index (χ0) is 21.3. The summed E-state index contributed by atoms with van der Waals surface area (Å²) in [5, 5.41) is 19.4. The number of carbonyl (C=O) groups is 1. The molecule has 1 N–H and O–H groups in total. The number of nitrogens with zero attached hydrogens (tertiary/aromatic N) is 4. The zero-order valence-electron chi connectivity index (χ0n) is 16.0. The SMILES string of the molecule is CCSc1nnc2n1-c1ccc(Br)cc1C(c1ccccc1Cl)=N[C@H]2CCC(=O)O. The second-order valence-electron chi connectivity index (χ2n) is 6.68. The van der Waals surface area contributed by atoms with Gasteiger partial charge in [0.15, 0.2) is 11.0 Å². The average Bonchev–Trinajstić information content (AvgIpc) is 3.07. The van der Waals surface area contributed by atoms with E-state index in [1.165, 1.54) is 0 Å². The average molecular weight is 506 g/mol. The Morgan fingerprint density at radius 3 is 2.77 bits per heavy atom. The highest BCUT2D eigenvalue weighted by molar-refractivity contribution is 9.10. The molecule has 2 aromatic carbocycles. The molecule has 0 unspecified atom stereocenters. The van der Waals surface area contributed by atoms with Gasteiger partial charge in [0.2, 0.25) is 0 Å². The van der Waals surface area contributed by atoms with Crippen LogP contribution in [0.2, 0.25) is 5.02 Å². The highest BCUT2D eigenvalue weighted by Crippen LogP contribution is 2.37. The van der Waals surface area contributed by atoms with Crippen LogP contribution in [0.25, 0.3) is 5.69 Å². The van der Waals surface area contributed by atoms with Gasteiger partial charge >= 0.3 is 5.97 Å². The molecule has 30 heavy (non-hydrogen) atoms. The molecular formula is C21H18BrClN4O2S. The lowest BCUT2D eigenvalue weighted by Gasteiger charge is -2.14. The molecule has 1 aromatic heterocycles. The van der Waals surface area contributed by atoms with Gasteiger partial charge < -0.3 is 5.11 Å². The molecule has 0 radical (unpaired) electrons. The van der Waals surface area contributed by atoms with E-state index in [1.807, 2.05) is 47.0 Å². The molecule has 154 valence electrons. The molecule has 9 heteroatoms. The van der Waals surface area contributed by atoms with Crippen molar-refractivity contribution in [1.29, 1.82) is 0 Å². The van der Waals surface area contributed by atoms with E-state index in [0.29, 0.717) is 23.0 Å². The molecule has 1 atom stereocenters. The topological polar surface area (TPSA) is 80.4 Å². The fourth-order valence-corrected chi connectivity index (χ4v) is 4.71. The fraction of sp³-hybridized carbons (Fsp3) is 0.238. The Hall–Kier alpha value is -2.16. The van der Waals surface area contributed by atoms with E-state index in [4.69, 9.17) is 16.6 Å². The van der Waals surface area contributed by atoms with Gasteiger partial charge in [-0.05, 0) is 36.4 Å². The molecule has 2 heterocycles. The van der Waals surface area contributed by atoms with Gasteiger partial charge in [-0.25, -0.2) is 0 Å². The third-order valence-electron chi connectivity index (χ3n) is 4.73. The Kier molecular flexibility index (Phi) is 6.26. The summed E-state index contributed by atoms with van der Waals surface area (Å²) >= 11 is 11.7. The number of aliphatic carboxylic acids is 1. The van der Waals surface area contributed by atoms with Crippen molar-refractivity contribution in [1.82, 2.24) is 14.8 Å². The van der Waals surface area contributed by atoms with E-state index in [0.717, 1.165) is 32.2 Å². The van der Waals surface area contributed by atoms with E-state index in [2.05, 4.69) is 33.1 Å². The predicted octanol–water partition coefficient (Wildman–Crippen LogP) is 5.55. The molecule has 4 rings (SSSR count). The molecule has 0 aliphatic carbocycles. The zero-order valence-corrected chi connectivity index (χ0v) is 19.2. The summed E-state index contributed by atoms with van der Waals surface area (Å²) in [5.74, 6) is 0.600. The van der Waals surface area contributed by atoms with Gasteiger partial charge in [0.05, 0.1) is 11.4 Å². The quantitative estimate of drug-likeness (QED) is 0.444. The van der Waals surface area contributed by atoms with Crippen LogP contribution in [0, 0.1) is 0 Å². The summed E-state index contributed by atoms with van der Waals surface area (Å²) in [5.41, 5.74) is 3.28. The number of rotatable bonds is 6. The van der Waals surface area contributed by atoms with Gasteiger partial charge in [-0.1, -0.05) is 64.4 Å². The Morgan fingerprint density at radius 2 is 2.03 bits per heavy atom. The lowest BCUT2D eigenvalue weighted by Crippen LogP contribution is -2.08. The monoisotopic (exact) mass is 504 g/mol. The van der Waals surface area contributed by atoms with Crippen molar-refractivity contribution in [3.8, 4) is 5.69 Å². The van der Waals surface area contributed by atoms with Crippen LogP contribution in [0.15, 0.2) is 57.1 Å². The lowest BCUT2D eigenvalue weighted by molar-refractivity contribution is -0.137. The van der Waals surface area contributed by atoms with Gasteiger partial charge in [-0.3, -0.25) is 14.4 Å². The van der Waals surface area contributed by atoms with E-state index in [-0.39, 0.29) is 6.42 Å². The number of fused-ring (bicyclic) bond motifs is 3. The normalized spacial score (nSPS) is 15.2. The molecule has 0 saturated heterocycles. The Balaban J connectivity index is 1.99. The van der Waals surface area contributed by atoms with E-state index >= 15 is 0 Å². The van der Waals surface area contributed by atoms with Crippen molar-refractivity contribution >= 4 is 51.0 Å². The number of benzene rings is 2. The minimum Gasteiger partial charge on any atom is -0.481 e. The first kappa shape index (κ1) is 21.1. The molecular weight excluding hydrogens is 488 g/mol. The summed E-state index contributed by atoms with van der Waals surface area (Å²) in [6.07, 6.45) is 0.292. The summed E-state index contributed by atoms with van der Waals surface area (Å²) in [7, 11) is 0. The number of carboxylic acid groups (broad SMARTS) is 1. The molecule has 0 fully saturated rings. The largest absolute Gasteiger partial charge is 0.481 e. The first-order chi connectivity index (χ1) is 14.5. The summed E-state index contributed by atoms with van der Waals surface area (Å²) < 4.78 is 2.90. The third kappa shape index (κ3) is 4.04. The third-order valence-corrected chi connectivity index (χ3v) is 6.36. The Morgan fingerprint density at radius 1 is 1.23 bits per heavy atom. The maximum absolute atomic E-state index is 11.3. The van der Waals surface area contributed by atoms with Crippen LogP contribution in [-0.4, -0.2) is 37.3 Å². The predicted molar refractivity (Wildman–Crippen MR) is 122 cm³/mol. The fourth-order valence-electron chi connectivity index (χ4n) is 3.44. The Labute approximate surface area is 191 Å². The maximum atomic E-state index is 11.3. The molecule has 0 saturated carbocycles. The van der Waals surface area contributed by atoms with Crippen LogP contribution >= 0.6 is 39.3 Å². The van der Waals surface area contributed by atoms with Crippen molar-refractivity contribution in [3.63, 3.8) is 0 Å². The van der Waals surface area contributed by atoms with Crippen molar-refractivity contribution < 1.29 is 9.90 Å². The lowest BCUT2D eigenvalue weighted by atomic mass is 10.00. The first-order valence-electron chi connectivity index (χ1n) is 9.42. The van der Waals surface area contributed by atoms with Gasteiger partial charge in [0.1, 0.15) is 6.04 Å². The minimum atomic E-state index is -0.872. The van der Waals surface area contributed by atoms with Crippen LogP contribution < -0.4 is 0 Å². The minimum absolute atomic E-state index is 0.0207. The number of carboxylic acids is 1. The molecule has 0 amide bonds. The van der Waals surface area contributed by atoms with Gasteiger partial charge in [-0.15, -0.1) is 10.2 Å². The smallest absolute Gasteiger partial charge is 0.303 e. The van der Waals surface area contributed by atoms with Crippen molar-refractivity contribution in [3.05, 3.63) is 68.9 Å². The van der Waals surface area contributed by atoms with Crippen LogP contribution in [0.1, 0.15) is 42.8 Å². The number of thioether (sulfide) groups is 1. The maximum Gasteiger partial charge on any atom is 0.303 e. The van der Waals surface area contributed by atoms with Gasteiger partial charge in [0.25, 0.3) is 0 Å². The summed E-state index contributed by atoms with van der Waals surface area (Å²) in [6, 6.07) is 13.0. The van der Waals surface area contributed by atoms with Crippen molar-refractivity contribution in [2.45, 2.75) is 31.0 Å². The molecule has 6 nitrogen and oxygen atoms in total. The molecule has 0 bridgehead atoms. The Bertz CT molecular complexity index is 1150. The van der Waals surface area contributed by atoms with Crippen LogP contribution in [0.5, 0.6) is 0 Å². The number of hydrogen-bond acceptors (Lipinski definition) is 5. The number of aliphatic imine (C=N–C) groups is 1. The van der Waals surface area contributed by atoms with Crippen molar-refractivity contribution in [2.24, 2.45) is 4.99 Å². The van der Waals surface area contributed by atoms with E-state index in [1.54, 1.807) is 11.8 Å². The van der Waals surface area contributed by atoms with Gasteiger partial charge in [-0.2, -0.15) is 0 Å². The molecule has 3 aromatic rings. The van der Waals surface area contributed by atoms with Gasteiger partial charge in [0, 0.05) is 27.0 Å². The summed E-state index contributed by atoms with van der Waals surface area (Å²) in [6.45, 7) is 2.05. The number of hydrogen-bond donors (Lipinski definition) is 1. The van der Waals surface area contributed by atoms with E-state index in [9.17, 15) is 9.90 Å². The number of halogens is 2. The standard InChI is InChI=1S/C21H18BrClN4O2S/c1-2-30-21-26-25-20-16(8-10-18(28)29)24-19(13-5-3-4-6-15(13)23)14-11-12(22)7-9-17(14)27(20)21/h3-7,9,11,16H,2,8,10H2,1H3,(H,28,29)/t16-/m0/s1. The molecule has 1 aliphatic rings. The van der Waals surface area contributed by atoms with Crippen LogP contribution in [-0.2, 0) is 4.79 Å². The van der Waals surface area contributed by atoms with Crippen LogP contribution in [0.3, 0.4) is 0 Å². The molecule has 1 aliphatic heterocycles. The van der Waals surface area contributed by atoms with E-state index < -0.39 is 12.0 Å². The summed E-state index contributed by atoms with van der Waals surface area (Å²) in [4.78, 5) is 16.3. The van der Waals surface area contributed by atoms with Crippen LogP contribution in [0.4, 0.5) is 0 Å². The molecule has 0 spiro atoms. The highest BCUT2D eigenvalue weighted by atomic mass is 79.9. The first-order valence-corrected chi connectivity index (χ1v) is 11.6. The van der Waals surface area contributed by atoms with Crippen molar-refractivity contribution in [2.75, 3.05) is 5.75 Å². The second kappa shape index (κ2) is 8.91. The highest BCUT2D eigenvalue weighted by Gasteiger charge is 2.30. The number of aromatic nitrogens is 3. The second-order valence-corrected chi connectivity index (χ2v) is 9.23.